The third-order valence-corrected chi connectivity index (χ3v) is 2.94. The summed E-state index contributed by atoms with van der Waals surface area (Å²) in [5.74, 6) is 7.02. The molecule has 1 nitrogen and oxygen atoms in total. The predicted octanol–water partition coefficient (Wildman–Crippen LogP) is 2.91. The molecule has 2 fully saturated rings. The average molecular weight is 193 g/mol. The molecule has 1 saturated heterocycles. The first-order chi connectivity index (χ1) is 6.90. The van der Waals surface area contributed by atoms with Crippen molar-refractivity contribution in [3.05, 3.63) is 0 Å². The van der Waals surface area contributed by atoms with E-state index < -0.39 is 0 Å². The first kappa shape index (κ1) is 11.6. The molecular weight excluding hydrogens is 170 g/mol. The number of likely N-dealkylation sites (tertiary alicyclic amines) is 1. The Morgan fingerprint density at radius 2 is 1.57 bits per heavy atom. The number of nitrogens with zero attached hydrogens (tertiary/aromatic N) is 1. The Morgan fingerprint density at radius 3 is 2.00 bits per heavy atom. The molecule has 0 aromatic heterocycles. The summed E-state index contributed by atoms with van der Waals surface area (Å²) in [6.45, 7) is 8.54. The van der Waals surface area contributed by atoms with Crippen LogP contribution in [0.25, 0.3) is 0 Å². The molecule has 1 saturated carbocycles. The van der Waals surface area contributed by atoms with Gasteiger partial charge in [-0.3, -0.25) is 0 Å². The Hall–Kier alpha value is -0.480. The summed E-state index contributed by atoms with van der Waals surface area (Å²) in [5, 5.41) is 0. The van der Waals surface area contributed by atoms with Gasteiger partial charge in [0, 0.05) is 12.0 Å². The van der Waals surface area contributed by atoms with Gasteiger partial charge in [-0.15, -0.1) is 11.8 Å². The zero-order valence-corrected chi connectivity index (χ0v) is 9.84. The lowest BCUT2D eigenvalue weighted by Gasteiger charge is -2.29. The Kier molecular flexibility index (Phi) is 5.04. The molecule has 0 N–H and O–H groups in total. The van der Waals surface area contributed by atoms with Gasteiger partial charge >= 0.3 is 0 Å². The van der Waals surface area contributed by atoms with Crippen LogP contribution in [0.15, 0.2) is 0 Å². The third-order valence-electron chi connectivity index (χ3n) is 2.94. The molecule has 0 aromatic carbocycles. The van der Waals surface area contributed by atoms with E-state index in [1.54, 1.807) is 0 Å². The molecular formula is C13H23N. The van der Waals surface area contributed by atoms with Gasteiger partial charge < -0.3 is 4.90 Å². The highest BCUT2D eigenvalue weighted by atomic mass is 15.2. The normalized spacial score (nSPS) is 23.1. The van der Waals surface area contributed by atoms with Crippen LogP contribution < -0.4 is 0 Å². The molecule has 0 atom stereocenters. The molecule has 0 amide bonds. The maximum atomic E-state index is 3.29. The van der Waals surface area contributed by atoms with Gasteiger partial charge in [-0.25, -0.2) is 0 Å². The zero-order chi connectivity index (χ0) is 10.4. The number of rotatable bonds is 1. The van der Waals surface area contributed by atoms with Crippen molar-refractivity contribution in [2.45, 2.75) is 52.5 Å². The monoisotopic (exact) mass is 193 g/mol. The number of piperidine rings is 1. The lowest BCUT2D eigenvalue weighted by atomic mass is 9.97. The predicted molar refractivity (Wildman–Crippen MR) is 62.1 cm³/mol. The minimum absolute atomic E-state index is 0.699. The van der Waals surface area contributed by atoms with Crippen molar-refractivity contribution in [3.8, 4) is 11.8 Å². The van der Waals surface area contributed by atoms with Crippen molar-refractivity contribution in [3.63, 3.8) is 0 Å². The molecule has 80 valence electrons. The van der Waals surface area contributed by atoms with Crippen LogP contribution in [0.3, 0.4) is 0 Å². The molecule has 1 heteroatoms. The molecule has 2 aliphatic rings. The van der Waals surface area contributed by atoms with Crippen molar-refractivity contribution in [1.29, 1.82) is 0 Å². The second kappa shape index (κ2) is 6.09. The van der Waals surface area contributed by atoms with E-state index in [1.807, 2.05) is 20.8 Å². The Balaban J connectivity index is 0.000000461. The van der Waals surface area contributed by atoms with Gasteiger partial charge in [-0.1, -0.05) is 13.8 Å². The molecule has 1 aliphatic carbocycles. The van der Waals surface area contributed by atoms with E-state index in [0.717, 1.165) is 6.04 Å². The molecule has 14 heavy (non-hydrogen) atoms. The molecule has 0 aromatic rings. The highest BCUT2D eigenvalue weighted by molar-refractivity contribution is 5.03. The highest BCUT2D eigenvalue weighted by Crippen LogP contribution is 2.30. The quantitative estimate of drug-likeness (QED) is 0.579. The lowest BCUT2D eigenvalue weighted by Crippen LogP contribution is -2.34. The summed E-state index contributed by atoms with van der Waals surface area (Å²) in [4.78, 5) is 2.65. The van der Waals surface area contributed by atoms with Gasteiger partial charge in [0.05, 0.1) is 0 Å². The highest BCUT2D eigenvalue weighted by Gasteiger charge is 2.31. The zero-order valence-electron chi connectivity index (χ0n) is 9.84. The van der Waals surface area contributed by atoms with Gasteiger partial charge in [-0.05, 0) is 45.7 Å². The van der Waals surface area contributed by atoms with Crippen LogP contribution in [-0.2, 0) is 0 Å². The summed E-state index contributed by atoms with van der Waals surface area (Å²) in [7, 11) is 0. The fourth-order valence-corrected chi connectivity index (χ4v) is 2.05. The fourth-order valence-electron chi connectivity index (χ4n) is 2.05. The molecule has 2 rings (SSSR count). The van der Waals surface area contributed by atoms with Crippen LogP contribution in [0, 0.1) is 17.8 Å². The Bertz CT molecular complexity index is 199. The van der Waals surface area contributed by atoms with Crippen molar-refractivity contribution < 1.29 is 0 Å². The smallest absolute Gasteiger partial charge is 0.0227 e. The van der Waals surface area contributed by atoms with Crippen molar-refractivity contribution >= 4 is 0 Å². The van der Waals surface area contributed by atoms with Crippen LogP contribution in [-0.4, -0.2) is 24.0 Å². The minimum atomic E-state index is 0.699. The van der Waals surface area contributed by atoms with E-state index in [2.05, 4.69) is 16.7 Å². The van der Waals surface area contributed by atoms with Gasteiger partial charge in [0.1, 0.15) is 0 Å². The van der Waals surface area contributed by atoms with E-state index in [9.17, 15) is 0 Å². The molecule has 1 aliphatic heterocycles. The first-order valence-electron chi connectivity index (χ1n) is 6.06. The van der Waals surface area contributed by atoms with Crippen molar-refractivity contribution in [1.82, 2.24) is 4.90 Å². The summed E-state index contributed by atoms with van der Waals surface area (Å²) in [5.41, 5.74) is 0. The number of hydrogen-bond donors (Lipinski definition) is 0. The summed E-state index contributed by atoms with van der Waals surface area (Å²) in [6.07, 6.45) is 5.50. The van der Waals surface area contributed by atoms with Gasteiger partial charge in [0.2, 0.25) is 0 Å². The fraction of sp³-hybridized carbons (Fsp3) is 0.846. The Morgan fingerprint density at radius 1 is 1.00 bits per heavy atom. The Labute approximate surface area is 88.9 Å². The average Bonchev–Trinajstić information content (AvgIpc) is 3.06. The van der Waals surface area contributed by atoms with E-state index >= 15 is 0 Å². The SMILES string of the molecule is CC.CC#CC1CCN(C2CC2)CC1. The lowest BCUT2D eigenvalue weighted by molar-refractivity contribution is 0.197. The minimum Gasteiger partial charge on any atom is -0.300 e. The van der Waals surface area contributed by atoms with E-state index in [4.69, 9.17) is 0 Å². The number of hydrogen-bond acceptors (Lipinski definition) is 1. The van der Waals surface area contributed by atoms with Crippen molar-refractivity contribution in [2.24, 2.45) is 5.92 Å². The second-order valence-electron chi connectivity index (χ2n) is 3.94. The standard InChI is InChI=1S/C11H17N.C2H6/c1-2-3-10-6-8-12(9-7-10)11-4-5-11;1-2/h10-11H,4-9H2,1H3;1-2H3. The molecule has 0 unspecified atom stereocenters. The maximum Gasteiger partial charge on any atom is 0.0227 e. The van der Waals surface area contributed by atoms with Crippen molar-refractivity contribution in [2.75, 3.05) is 13.1 Å². The van der Waals surface area contributed by atoms with Crippen LogP contribution in [0.2, 0.25) is 0 Å². The van der Waals surface area contributed by atoms with Crippen LogP contribution in [0.5, 0.6) is 0 Å². The van der Waals surface area contributed by atoms with Gasteiger partial charge in [0.25, 0.3) is 0 Å². The topological polar surface area (TPSA) is 3.24 Å². The molecule has 1 heterocycles. The van der Waals surface area contributed by atoms with Crippen LogP contribution in [0.4, 0.5) is 0 Å². The second-order valence-corrected chi connectivity index (χ2v) is 3.94. The van der Waals surface area contributed by atoms with Gasteiger partial charge in [0.15, 0.2) is 0 Å². The summed E-state index contributed by atoms with van der Waals surface area (Å²) < 4.78 is 0. The molecule has 0 spiro atoms. The van der Waals surface area contributed by atoms with E-state index in [1.165, 1.54) is 38.8 Å². The molecule has 0 radical (unpaired) electrons. The van der Waals surface area contributed by atoms with E-state index in [0.29, 0.717) is 5.92 Å². The third kappa shape index (κ3) is 3.35. The van der Waals surface area contributed by atoms with E-state index in [-0.39, 0.29) is 0 Å². The van der Waals surface area contributed by atoms with Gasteiger partial charge in [-0.2, -0.15) is 0 Å². The molecule has 0 bridgehead atoms. The van der Waals surface area contributed by atoms with Crippen LogP contribution >= 0.6 is 0 Å². The van der Waals surface area contributed by atoms with Crippen LogP contribution in [0.1, 0.15) is 46.5 Å². The summed E-state index contributed by atoms with van der Waals surface area (Å²) >= 11 is 0. The first-order valence-corrected chi connectivity index (χ1v) is 6.06. The largest absolute Gasteiger partial charge is 0.300 e. The summed E-state index contributed by atoms with van der Waals surface area (Å²) in [6, 6.07) is 0.959. The maximum absolute atomic E-state index is 3.29.